The Bertz CT molecular complexity index is 1050. The summed E-state index contributed by atoms with van der Waals surface area (Å²) in [5.41, 5.74) is 4.25. The van der Waals surface area contributed by atoms with E-state index in [4.69, 9.17) is 4.74 Å². The Morgan fingerprint density at radius 1 is 1.03 bits per heavy atom. The van der Waals surface area contributed by atoms with Crippen LogP contribution in [-0.2, 0) is 14.3 Å². The molecule has 8 nitrogen and oxygen atoms in total. The molecule has 1 saturated carbocycles. The highest BCUT2D eigenvalue weighted by molar-refractivity contribution is 5.95. The molecule has 37 heavy (non-hydrogen) atoms. The molecular formula is C29H42N4O4. The molecule has 1 N–H and O–H groups in total. The van der Waals surface area contributed by atoms with E-state index in [9.17, 15) is 14.4 Å². The lowest BCUT2D eigenvalue weighted by molar-refractivity contribution is -0.139. The van der Waals surface area contributed by atoms with Gasteiger partial charge in [-0.05, 0) is 58.1 Å². The van der Waals surface area contributed by atoms with Crippen molar-refractivity contribution in [3.05, 3.63) is 46.2 Å². The number of ether oxygens (including phenoxy) is 1. The lowest BCUT2D eigenvalue weighted by atomic mass is 9.90. The highest BCUT2D eigenvalue weighted by Gasteiger charge is 2.39. The first-order chi connectivity index (χ1) is 17.8. The van der Waals surface area contributed by atoms with E-state index in [2.05, 4.69) is 16.3 Å². The average molecular weight is 511 g/mol. The fourth-order valence-electron chi connectivity index (χ4n) is 6.03. The van der Waals surface area contributed by atoms with Crippen LogP contribution in [0.15, 0.2) is 29.5 Å². The van der Waals surface area contributed by atoms with Gasteiger partial charge in [0, 0.05) is 50.9 Å². The number of aryl methyl sites for hydroxylation is 2. The molecule has 1 aromatic carbocycles. The standard InChI is InChI=1S/C29H42N4O4/c1-5-33-24(19-31-14-9-15-32(17-16-31)27(34)22-10-7-8-11-22)25(28(35)37-6-2)26(30-29(33)36)23-13-12-20(3)18-21(23)4/h12-13,18,22,26H,5-11,14-17,19H2,1-4H3,(H,30,36). The lowest BCUT2D eigenvalue weighted by Crippen LogP contribution is -2.51. The van der Waals surface area contributed by atoms with Crippen LogP contribution in [0.25, 0.3) is 0 Å². The van der Waals surface area contributed by atoms with E-state index in [0.29, 0.717) is 43.4 Å². The monoisotopic (exact) mass is 510 g/mol. The number of hydrogen-bond acceptors (Lipinski definition) is 5. The van der Waals surface area contributed by atoms with Gasteiger partial charge in [0.2, 0.25) is 5.91 Å². The van der Waals surface area contributed by atoms with Crippen molar-refractivity contribution in [1.82, 2.24) is 20.0 Å². The maximum absolute atomic E-state index is 13.4. The van der Waals surface area contributed by atoms with Crippen molar-refractivity contribution in [2.75, 3.05) is 45.9 Å². The number of urea groups is 1. The number of likely N-dealkylation sites (N-methyl/N-ethyl adjacent to an activating group) is 1. The number of nitrogens with zero attached hydrogens (tertiary/aromatic N) is 3. The molecule has 202 valence electrons. The summed E-state index contributed by atoms with van der Waals surface area (Å²) in [5.74, 6) is 0.0857. The molecule has 3 aliphatic rings. The predicted molar refractivity (Wildman–Crippen MR) is 143 cm³/mol. The Hall–Kier alpha value is -2.87. The number of carbonyl (C=O) groups is 3. The summed E-state index contributed by atoms with van der Waals surface area (Å²) in [6.45, 7) is 11.9. The second-order valence-corrected chi connectivity index (χ2v) is 10.5. The highest BCUT2D eigenvalue weighted by atomic mass is 16.5. The second kappa shape index (κ2) is 12.1. The average Bonchev–Trinajstić information content (AvgIpc) is 3.30. The Kier molecular flexibility index (Phi) is 8.90. The molecule has 0 bridgehead atoms. The van der Waals surface area contributed by atoms with Crippen molar-refractivity contribution in [3.63, 3.8) is 0 Å². The van der Waals surface area contributed by atoms with Crippen LogP contribution < -0.4 is 5.32 Å². The van der Waals surface area contributed by atoms with E-state index in [0.717, 1.165) is 61.9 Å². The quantitative estimate of drug-likeness (QED) is 0.562. The zero-order valence-corrected chi connectivity index (χ0v) is 22.8. The van der Waals surface area contributed by atoms with Gasteiger partial charge in [-0.2, -0.15) is 0 Å². The van der Waals surface area contributed by atoms with Crippen LogP contribution >= 0.6 is 0 Å². The molecule has 2 heterocycles. The molecular weight excluding hydrogens is 468 g/mol. The van der Waals surface area contributed by atoms with Crippen LogP contribution in [0.3, 0.4) is 0 Å². The van der Waals surface area contributed by atoms with Crippen molar-refractivity contribution < 1.29 is 19.1 Å². The molecule has 0 radical (unpaired) electrons. The van der Waals surface area contributed by atoms with Crippen molar-refractivity contribution in [3.8, 4) is 0 Å². The first kappa shape index (κ1) is 27.2. The van der Waals surface area contributed by atoms with Crippen LogP contribution in [0.5, 0.6) is 0 Å². The molecule has 2 aliphatic heterocycles. The third-order valence-corrected chi connectivity index (χ3v) is 7.96. The molecule has 4 rings (SSSR count). The zero-order valence-electron chi connectivity index (χ0n) is 22.8. The largest absolute Gasteiger partial charge is 0.463 e. The molecule has 1 aliphatic carbocycles. The summed E-state index contributed by atoms with van der Waals surface area (Å²) in [4.78, 5) is 45.7. The summed E-state index contributed by atoms with van der Waals surface area (Å²) in [6.07, 6.45) is 5.19. The maximum Gasteiger partial charge on any atom is 0.338 e. The van der Waals surface area contributed by atoms with E-state index in [-0.39, 0.29) is 18.6 Å². The molecule has 1 atom stereocenters. The zero-order chi connectivity index (χ0) is 26.5. The van der Waals surface area contributed by atoms with Gasteiger partial charge in [-0.3, -0.25) is 14.6 Å². The SMILES string of the molecule is CCOC(=O)C1=C(CN2CCCN(C(=O)C3CCCC3)CC2)N(CC)C(=O)NC1c1ccc(C)cc1C. The molecule has 8 heteroatoms. The second-order valence-electron chi connectivity index (χ2n) is 10.5. The Morgan fingerprint density at radius 3 is 2.46 bits per heavy atom. The van der Waals surface area contributed by atoms with Crippen molar-refractivity contribution in [2.45, 2.75) is 65.8 Å². The minimum atomic E-state index is -0.572. The fourth-order valence-corrected chi connectivity index (χ4v) is 6.03. The van der Waals surface area contributed by atoms with Gasteiger partial charge in [-0.1, -0.05) is 36.6 Å². The summed E-state index contributed by atoms with van der Waals surface area (Å²) in [5, 5.41) is 3.07. The van der Waals surface area contributed by atoms with Crippen molar-refractivity contribution in [1.29, 1.82) is 0 Å². The number of esters is 1. The maximum atomic E-state index is 13.4. The van der Waals surface area contributed by atoms with Crippen molar-refractivity contribution >= 4 is 17.9 Å². The molecule has 0 aromatic heterocycles. The Morgan fingerprint density at radius 2 is 1.78 bits per heavy atom. The number of nitrogens with one attached hydrogen (secondary N) is 1. The summed E-state index contributed by atoms with van der Waals surface area (Å²) >= 11 is 0. The van der Waals surface area contributed by atoms with E-state index < -0.39 is 12.0 Å². The molecule has 1 aromatic rings. The number of rotatable bonds is 7. The van der Waals surface area contributed by atoms with Gasteiger partial charge in [0.25, 0.3) is 0 Å². The topological polar surface area (TPSA) is 82.2 Å². The van der Waals surface area contributed by atoms with Gasteiger partial charge in [-0.15, -0.1) is 0 Å². The lowest BCUT2D eigenvalue weighted by Gasteiger charge is -2.38. The van der Waals surface area contributed by atoms with Crippen LogP contribution in [0, 0.1) is 19.8 Å². The highest BCUT2D eigenvalue weighted by Crippen LogP contribution is 2.34. The Balaban J connectivity index is 1.64. The first-order valence-electron chi connectivity index (χ1n) is 13.9. The first-order valence-corrected chi connectivity index (χ1v) is 13.9. The Labute approximate surface area is 221 Å². The van der Waals surface area contributed by atoms with Crippen LogP contribution in [0.1, 0.15) is 68.7 Å². The number of carbonyl (C=O) groups excluding carboxylic acids is 3. The van der Waals surface area contributed by atoms with Gasteiger partial charge in [0.15, 0.2) is 0 Å². The van der Waals surface area contributed by atoms with E-state index in [1.807, 2.05) is 37.8 Å². The number of hydrogen-bond donors (Lipinski definition) is 1. The van der Waals surface area contributed by atoms with Crippen LogP contribution in [0.2, 0.25) is 0 Å². The number of benzene rings is 1. The molecule has 1 unspecified atom stereocenters. The summed E-state index contributed by atoms with van der Waals surface area (Å²) in [7, 11) is 0. The third-order valence-electron chi connectivity index (χ3n) is 7.96. The third kappa shape index (κ3) is 6.00. The minimum absolute atomic E-state index is 0.181. The molecule has 1 saturated heterocycles. The van der Waals surface area contributed by atoms with E-state index in [1.54, 1.807) is 11.8 Å². The predicted octanol–water partition coefficient (Wildman–Crippen LogP) is 3.93. The van der Waals surface area contributed by atoms with Gasteiger partial charge < -0.3 is 15.0 Å². The van der Waals surface area contributed by atoms with Gasteiger partial charge in [0.05, 0.1) is 18.2 Å². The van der Waals surface area contributed by atoms with E-state index in [1.165, 1.54) is 0 Å². The molecule has 2 fully saturated rings. The minimum Gasteiger partial charge on any atom is -0.463 e. The van der Waals surface area contributed by atoms with Crippen LogP contribution in [0.4, 0.5) is 4.79 Å². The smallest absolute Gasteiger partial charge is 0.338 e. The fraction of sp³-hybridized carbons (Fsp3) is 0.621. The van der Waals surface area contributed by atoms with Crippen molar-refractivity contribution in [2.24, 2.45) is 5.92 Å². The van der Waals surface area contributed by atoms with Gasteiger partial charge >= 0.3 is 12.0 Å². The number of amides is 3. The molecule has 3 amide bonds. The van der Waals surface area contributed by atoms with Gasteiger partial charge in [-0.25, -0.2) is 9.59 Å². The van der Waals surface area contributed by atoms with E-state index >= 15 is 0 Å². The normalized spacial score (nSPS) is 21.7. The summed E-state index contributed by atoms with van der Waals surface area (Å²) in [6, 6.07) is 5.29. The molecule has 0 spiro atoms. The van der Waals surface area contributed by atoms with Crippen LogP contribution in [-0.4, -0.2) is 78.5 Å². The van der Waals surface area contributed by atoms with Gasteiger partial charge in [0.1, 0.15) is 0 Å². The summed E-state index contributed by atoms with van der Waals surface area (Å²) < 4.78 is 5.53.